The van der Waals surface area contributed by atoms with Crippen molar-refractivity contribution in [1.82, 2.24) is 4.31 Å². The van der Waals surface area contributed by atoms with Crippen molar-refractivity contribution in [2.75, 3.05) is 19.4 Å². The van der Waals surface area contributed by atoms with Crippen LogP contribution in [0.5, 0.6) is 0 Å². The van der Waals surface area contributed by atoms with E-state index in [-0.39, 0.29) is 18.4 Å². The van der Waals surface area contributed by atoms with Crippen molar-refractivity contribution in [2.45, 2.75) is 38.6 Å². The fraction of sp³-hybridized carbons (Fsp3) is 1.00. The van der Waals surface area contributed by atoms with Gasteiger partial charge in [0, 0.05) is 19.7 Å². The second-order valence-corrected chi connectivity index (χ2v) is 6.49. The van der Waals surface area contributed by atoms with Crippen LogP contribution in [-0.4, -0.2) is 43.3 Å². The first-order chi connectivity index (χ1) is 6.99. The minimum atomic E-state index is -3.11. The van der Waals surface area contributed by atoms with Gasteiger partial charge in [0.15, 0.2) is 0 Å². The Morgan fingerprint density at radius 3 is 2.47 bits per heavy atom. The van der Waals surface area contributed by atoms with Gasteiger partial charge in [-0.1, -0.05) is 0 Å². The minimum Gasteiger partial charge on any atom is -0.396 e. The average Bonchev–Trinajstić information content (AvgIpc) is 2.99. The Morgan fingerprint density at radius 2 is 2.00 bits per heavy atom. The lowest BCUT2D eigenvalue weighted by Crippen LogP contribution is -2.37. The highest BCUT2D eigenvalue weighted by Crippen LogP contribution is 2.35. The van der Waals surface area contributed by atoms with Crippen molar-refractivity contribution >= 4 is 10.0 Å². The summed E-state index contributed by atoms with van der Waals surface area (Å²) in [7, 11) is -1.45. The highest BCUT2D eigenvalue weighted by molar-refractivity contribution is 7.89. The predicted molar refractivity (Wildman–Crippen MR) is 60.1 cm³/mol. The number of aliphatic hydroxyl groups excluding tert-OH is 1. The Balaban J connectivity index is 2.44. The lowest BCUT2D eigenvalue weighted by molar-refractivity contribution is 0.286. The molecule has 0 heterocycles. The zero-order chi connectivity index (χ0) is 11.5. The molecule has 0 aromatic heterocycles. The van der Waals surface area contributed by atoms with Gasteiger partial charge in [0.2, 0.25) is 10.0 Å². The maximum atomic E-state index is 11.8. The zero-order valence-electron chi connectivity index (χ0n) is 9.52. The lowest BCUT2D eigenvalue weighted by atomic mass is 10.2. The molecule has 1 rings (SSSR count). The molecule has 0 aromatic rings. The SMILES string of the molecule is CC(C1CC1)N(C)S(=O)(=O)CCCCO. The maximum absolute atomic E-state index is 11.8. The summed E-state index contributed by atoms with van der Waals surface area (Å²) in [5.41, 5.74) is 0. The molecule has 15 heavy (non-hydrogen) atoms. The summed E-state index contributed by atoms with van der Waals surface area (Å²) in [6, 6.07) is 0.129. The summed E-state index contributed by atoms with van der Waals surface area (Å²) >= 11 is 0. The van der Waals surface area contributed by atoms with E-state index in [1.807, 2.05) is 6.92 Å². The number of aliphatic hydroxyl groups is 1. The molecule has 1 aliphatic rings. The molecule has 1 unspecified atom stereocenters. The third-order valence-corrected chi connectivity index (χ3v) is 5.14. The van der Waals surface area contributed by atoms with Crippen LogP contribution in [0.1, 0.15) is 32.6 Å². The molecule has 0 bridgehead atoms. The Morgan fingerprint density at radius 1 is 1.40 bits per heavy atom. The number of unbranched alkanes of at least 4 members (excludes halogenated alkanes) is 1. The van der Waals surface area contributed by atoms with E-state index in [1.165, 1.54) is 4.31 Å². The molecule has 90 valence electrons. The molecule has 0 radical (unpaired) electrons. The Hall–Kier alpha value is -0.130. The van der Waals surface area contributed by atoms with Crippen LogP contribution >= 0.6 is 0 Å². The molecule has 5 heteroatoms. The first-order valence-corrected chi connectivity index (χ1v) is 7.16. The van der Waals surface area contributed by atoms with Gasteiger partial charge in [-0.25, -0.2) is 12.7 Å². The van der Waals surface area contributed by atoms with Crippen molar-refractivity contribution in [2.24, 2.45) is 5.92 Å². The summed E-state index contributed by atoms with van der Waals surface area (Å²) in [4.78, 5) is 0. The van der Waals surface area contributed by atoms with Gasteiger partial charge in [0.25, 0.3) is 0 Å². The number of nitrogens with zero attached hydrogens (tertiary/aromatic N) is 1. The van der Waals surface area contributed by atoms with Gasteiger partial charge in [0.05, 0.1) is 5.75 Å². The molecule has 1 N–H and O–H groups in total. The van der Waals surface area contributed by atoms with Crippen LogP contribution < -0.4 is 0 Å². The topological polar surface area (TPSA) is 57.6 Å². The second kappa shape index (κ2) is 5.27. The smallest absolute Gasteiger partial charge is 0.214 e. The molecule has 1 aliphatic carbocycles. The van der Waals surface area contributed by atoms with Crippen molar-refractivity contribution in [3.8, 4) is 0 Å². The van der Waals surface area contributed by atoms with Crippen LogP contribution in [0.25, 0.3) is 0 Å². The van der Waals surface area contributed by atoms with Gasteiger partial charge in [-0.15, -0.1) is 0 Å². The van der Waals surface area contributed by atoms with E-state index in [4.69, 9.17) is 5.11 Å². The van der Waals surface area contributed by atoms with E-state index < -0.39 is 10.0 Å². The molecule has 1 atom stereocenters. The third kappa shape index (κ3) is 3.74. The molecule has 0 amide bonds. The molecule has 1 saturated carbocycles. The standard InChI is InChI=1S/C10H21NO3S/c1-9(10-5-6-10)11(2)15(13,14)8-4-3-7-12/h9-10,12H,3-8H2,1-2H3. The van der Waals surface area contributed by atoms with Crippen LogP contribution in [0.3, 0.4) is 0 Å². The van der Waals surface area contributed by atoms with Crippen molar-refractivity contribution in [1.29, 1.82) is 0 Å². The van der Waals surface area contributed by atoms with Crippen molar-refractivity contribution in [3.63, 3.8) is 0 Å². The monoisotopic (exact) mass is 235 g/mol. The average molecular weight is 235 g/mol. The van der Waals surface area contributed by atoms with E-state index in [1.54, 1.807) is 7.05 Å². The Labute approximate surface area is 92.3 Å². The van der Waals surface area contributed by atoms with Crippen LogP contribution in [0.2, 0.25) is 0 Å². The van der Waals surface area contributed by atoms with Crippen LogP contribution in [0, 0.1) is 5.92 Å². The van der Waals surface area contributed by atoms with Crippen LogP contribution in [0.4, 0.5) is 0 Å². The largest absolute Gasteiger partial charge is 0.396 e. The lowest BCUT2D eigenvalue weighted by Gasteiger charge is -2.24. The van der Waals surface area contributed by atoms with Gasteiger partial charge < -0.3 is 5.11 Å². The van der Waals surface area contributed by atoms with Gasteiger partial charge >= 0.3 is 0 Å². The molecule has 0 aliphatic heterocycles. The number of rotatable bonds is 7. The third-order valence-electron chi connectivity index (χ3n) is 3.13. The minimum absolute atomic E-state index is 0.0669. The normalized spacial score (nSPS) is 19.5. The summed E-state index contributed by atoms with van der Waals surface area (Å²) in [5, 5.41) is 8.60. The first-order valence-electron chi connectivity index (χ1n) is 5.55. The molecule has 1 fully saturated rings. The predicted octanol–water partition coefficient (Wildman–Crippen LogP) is 0.819. The maximum Gasteiger partial charge on any atom is 0.214 e. The van der Waals surface area contributed by atoms with Crippen LogP contribution in [0.15, 0.2) is 0 Å². The highest BCUT2D eigenvalue weighted by Gasteiger charge is 2.34. The Kier molecular flexibility index (Phi) is 4.55. The van der Waals surface area contributed by atoms with E-state index in [0.29, 0.717) is 18.8 Å². The summed E-state index contributed by atoms with van der Waals surface area (Å²) in [6.45, 7) is 2.04. The summed E-state index contributed by atoms with van der Waals surface area (Å²) in [5.74, 6) is 0.712. The molecule has 0 saturated heterocycles. The van der Waals surface area contributed by atoms with E-state index in [0.717, 1.165) is 12.8 Å². The van der Waals surface area contributed by atoms with E-state index in [9.17, 15) is 8.42 Å². The number of hydrogen-bond donors (Lipinski definition) is 1. The molecule has 0 aromatic carbocycles. The molecule has 0 spiro atoms. The molecular formula is C10H21NO3S. The van der Waals surface area contributed by atoms with Crippen molar-refractivity contribution in [3.05, 3.63) is 0 Å². The first kappa shape index (κ1) is 12.9. The fourth-order valence-corrected chi connectivity index (χ4v) is 3.20. The van der Waals surface area contributed by atoms with Crippen LogP contribution in [-0.2, 0) is 10.0 Å². The Bertz CT molecular complexity index is 285. The number of sulfonamides is 1. The van der Waals surface area contributed by atoms with E-state index in [2.05, 4.69) is 0 Å². The zero-order valence-corrected chi connectivity index (χ0v) is 10.3. The fourth-order valence-electron chi connectivity index (χ4n) is 1.67. The molecular weight excluding hydrogens is 214 g/mol. The highest BCUT2D eigenvalue weighted by atomic mass is 32.2. The second-order valence-electron chi connectivity index (χ2n) is 4.34. The van der Waals surface area contributed by atoms with Gasteiger partial charge in [-0.2, -0.15) is 0 Å². The molecule has 4 nitrogen and oxygen atoms in total. The van der Waals surface area contributed by atoms with E-state index >= 15 is 0 Å². The summed E-state index contributed by atoms with van der Waals surface area (Å²) in [6.07, 6.45) is 3.40. The number of hydrogen-bond acceptors (Lipinski definition) is 3. The quantitative estimate of drug-likeness (QED) is 0.665. The van der Waals surface area contributed by atoms with Gasteiger partial charge in [-0.3, -0.25) is 0 Å². The summed E-state index contributed by atoms with van der Waals surface area (Å²) < 4.78 is 25.1. The van der Waals surface area contributed by atoms with Gasteiger partial charge in [0.1, 0.15) is 0 Å². The van der Waals surface area contributed by atoms with Gasteiger partial charge in [-0.05, 0) is 38.5 Å². The van der Waals surface area contributed by atoms with Crippen molar-refractivity contribution < 1.29 is 13.5 Å².